The molecule has 0 aromatic carbocycles. The van der Waals surface area contributed by atoms with Crippen LogP contribution in [0.1, 0.15) is 27.7 Å². The van der Waals surface area contributed by atoms with Gasteiger partial charge in [0.2, 0.25) is 0 Å². The Labute approximate surface area is 107 Å². The first-order chi connectivity index (χ1) is 6.52. The Morgan fingerprint density at radius 3 is 2.07 bits per heavy atom. The zero-order valence-corrected chi connectivity index (χ0v) is 12.7. The van der Waals surface area contributed by atoms with Crippen LogP contribution in [0.15, 0.2) is 0 Å². The Balaban J connectivity index is 0. The Bertz CT molecular complexity index is 149. The van der Waals surface area contributed by atoms with Crippen molar-refractivity contribution in [2.24, 2.45) is 11.8 Å². The van der Waals surface area contributed by atoms with E-state index < -0.39 is 0 Å². The fourth-order valence-electron chi connectivity index (χ4n) is 1.60. The first-order valence-electron chi connectivity index (χ1n) is 5.18. The SMILES string of the molecule is CC(C)C1[CH-]CN(C(C)C)C1.O=CO.[Re]. The molecule has 3 nitrogen and oxygen atoms in total. The Kier molecular flexibility index (Phi) is 10.9. The monoisotopic (exact) mass is 387 g/mol. The average Bonchev–Trinajstić information content (AvgIpc) is 2.53. The van der Waals surface area contributed by atoms with E-state index >= 15 is 0 Å². The predicted octanol–water partition coefficient (Wildman–Crippen LogP) is 1.89. The third-order valence-corrected chi connectivity index (χ3v) is 2.67. The van der Waals surface area contributed by atoms with Gasteiger partial charge in [0.05, 0.1) is 0 Å². The van der Waals surface area contributed by atoms with Crippen molar-refractivity contribution in [3.05, 3.63) is 6.42 Å². The molecule has 4 heteroatoms. The van der Waals surface area contributed by atoms with Crippen LogP contribution in [-0.4, -0.2) is 35.6 Å². The maximum absolute atomic E-state index is 8.36. The van der Waals surface area contributed by atoms with E-state index in [-0.39, 0.29) is 26.9 Å². The van der Waals surface area contributed by atoms with Crippen LogP contribution in [-0.2, 0) is 25.2 Å². The molecule has 0 amide bonds. The number of hydrogen-bond donors (Lipinski definition) is 1. The second-order valence-electron chi connectivity index (χ2n) is 4.30. The predicted molar refractivity (Wildman–Crippen MR) is 58.0 cm³/mol. The summed E-state index contributed by atoms with van der Waals surface area (Å²) in [5.74, 6) is 1.65. The van der Waals surface area contributed by atoms with Gasteiger partial charge in [0.15, 0.2) is 0 Å². The van der Waals surface area contributed by atoms with Crippen molar-refractivity contribution in [1.29, 1.82) is 0 Å². The maximum Gasteiger partial charge on any atom is 0.290 e. The fraction of sp³-hybridized carbons (Fsp3) is 0.818. The van der Waals surface area contributed by atoms with Gasteiger partial charge in [0.1, 0.15) is 0 Å². The average molecular weight is 387 g/mol. The van der Waals surface area contributed by atoms with Crippen molar-refractivity contribution in [3.8, 4) is 0 Å². The topological polar surface area (TPSA) is 40.5 Å². The molecule has 0 aromatic rings. The second-order valence-corrected chi connectivity index (χ2v) is 4.30. The van der Waals surface area contributed by atoms with Gasteiger partial charge in [0, 0.05) is 26.5 Å². The number of carbonyl (C=O) groups is 1. The smallest absolute Gasteiger partial charge is 0.290 e. The van der Waals surface area contributed by atoms with Gasteiger partial charge < -0.3 is 16.4 Å². The summed E-state index contributed by atoms with van der Waals surface area (Å²) in [5.41, 5.74) is 0. The van der Waals surface area contributed by atoms with Crippen molar-refractivity contribution in [1.82, 2.24) is 4.90 Å². The van der Waals surface area contributed by atoms with Crippen molar-refractivity contribution >= 4 is 6.47 Å². The van der Waals surface area contributed by atoms with Crippen LogP contribution >= 0.6 is 0 Å². The fourth-order valence-corrected chi connectivity index (χ4v) is 1.60. The zero-order valence-electron chi connectivity index (χ0n) is 9.98. The van der Waals surface area contributed by atoms with E-state index in [1.807, 2.05) is 0 Å². The molecule has 1 aliphatic heterocycles. The summed E-state index contributed by atoms with van der Waals surface area (Å²) in [7, 11) is 0. The first-order valence-corrected chi connectivity index (χ1v) is 5.18. The van der Waals surface area contributed by atoms with E-state index in [1.165, 1.54) is 13.1 Å². The molecule has 1 N–H and O–H groups in total. The minimum Gasteiger partial charge on any atom is -0.483 e. The van der Waals surface area contributed by atoms with Crippen LogP contribution in [0, 0.1) is 18.3 Å². The van der Waals surface area contributed by atoms with E-state index in [4.69, 9.17) is 9.90 Å². The van der Waals surface area contributed by atoms with Crippen LogP contribution in [0.5, 0.6) is 0 Å². The van der Waals surface area contributed by atoms with Gasteiger partial charge in [-0.3, -0.25) is 4.79 Å². The van der Waals surface area contributed by atoms with E-state index in [2.05, 4.69) is 39.0 Å². The Hall–Kier alpha value is 0.0923. The molecule has 1 unspecified atom stereocenters. The molecule has 1 rings (SSSR count). The molecule has 1 radical (unpaired) electrons. The van der Waals surface area contributed by atoms with Gasteiger partial charge in [0.25, 0.3) is 6.47 Å². The van der Waals surface area contributed by atoms with E-state index in [1.54, 1.807) is 0 Å². The van der Waals surface area contributed by atoms with Crippen molar-refractivity contribution in [3.63, 3.8) is 0 Å². The van der Waals surface area contributed by atoms with Crippen LogP contribution in [0.4, 0.5) is 0 Å². The standard InChI is InChI=1S/C10H20N.CH2O2.Re/c1-8(2)10-5-6-11(7-10)9(3)4;2-1-3;/h5,8-10H,6-7H2,1-4H3;1H,(H,2,3);/q-1;;. The summed E-state index contributed by atoms with van der Waals surface area (Å²) in [5, 5.41) is 6.89. The number of hydrogen-bond acceptors (Lipinski definition) is 2. The molecule has 1 fully saturated rings. The molecule has 0 saturated carbocycles. The van der Waals surface area contributed by atoms with Gasteiger partial charge in [-0.25, -0.2) is 0 Å². The number of likely N-dealkylation sites (tertiary alicyclic amines) is 1. The molecule has 1 aliphatic rings. The molecule has 0 aromatic heterocycles. The summed E-state index contributed by atoms with van der Waals surface area (Å²) in [6.45, 7) is 11.4. The quantitative estimate of drug-likeness (QED) is 0.582. The molecule has 0 aliphatic carbocycles. The van der Waals surface area contributed by atoms with E-state index in [0.29, 0.717) is 0 Å². The molecule has 1 saturated heterocycles. The van der Waals surface area contributed by atoms with Gasteiger partial charge in [-0.15, -0.1) is 6.54 Å². The van der Waals surface area contributed by atoms with Gasteiger partial charge >= 0.3 is 0 Å². The van der Waals surface area contributed by atoms with E-state index in [9.17, 15) is 0 Å². The van der Waals surface area contributed by atoms with Gasteiger partial charge in [-0.1, -0.05) is 19.8 Å². The van der Waals surface area contributed by atoms with Crippen LogP contribution < -0.4 is 0 Å². The molecule has 91 valence electrons. The second kappa shape index (κ2) is 9.33. The summed E-state index contributed by atoms with van der Waals surface area (Å²) in [6.07, 6.45) is 2.46. The number of rotatable bonds is 2. The number of carboxylic acid groups (broad SMARTS) is 1. The molecule has 0 spiro atoms. The Morgan fingerprint density at radius 2 is 1.87 bits per heavy atom. The molecule has 15 heavy (non-hydrogen) atoms. The third-order valence-electron chi connectivity index (χ3n) is 2.67. The largest absolute Gasteiger partial charge is 0.483 e. The van der Waals surface area contributed by atoms with Crippen LogP contribution in [0.25, 0.3) is 0 Å². The summed E-state index contributed by atoms with van der Waals surface area (Å²) in [4.78, 5) is 10.9. The molecule has 0 bridgehead atoms. The maximum atomic E-state index is 8.36. The normalized spacial score (nSPS) is 20.8. The van der Waals surface area contributed by atoms with E-state index in [0.717, 1.165) is 17.9 Å². The Morgan fingerprint density at radius 1 is 1.40 bits per heavy atom. The third kappa shape index (κ3) is 7.05. The zero-order chi connectivity index (χ0) is 11.1. The molecule has 1 heterocycles. The molecular formula is C11H22NO2Re-. The molecular weight excluding hydrogens is 364 g/mol. The molecule has 1 atom stereocenters. The van der Waals surface area contributed by atoms with Crippen molar-refractivity contribution < 1.29 is 30.3 Å². The minimum atomic E-state index is -0.250. The number of nitrogens with zero attached hydrogens (tertiary/aromatic N) is 1. The van der Waals surface area contributed by atoms with Crippen LogP contribution in [0.3, 0.4) is 0 Å². The first kappa shape index (κ1) is 17.5. The van der Waals surface area contributed by atoms with Crippen molar-refractivity contribution in [2.45, 2.75) is 33.7 Å². The minimum absolute atomic E-state index is 0. The summed E-state index contributed by atoms with van der Waals surface area (Å²) in [6, 6.07) is 0.718. The van der Waals surface area contributed by atoms with Crippen LogP contribution in [0.2, 0.25) is 0 Å². The van der Waals surface area contributed by atoms with Gasteiger partial charge in [-0.2, -0.15) is 5.92 Å². The van der Waals surface area contributed by atoms with Gasteiger partial charge in [-0.05, 0) is 20.4 Å². The summed E-state index contributed by atoms with van der Waals surface area (Å²) < 4.78 is 0. The summed E-state index contributed by atoms with van der Waals surface area (Å²) >= 11 is 0. The van der Waals surface area contributed by atoms with Crippen molar-refractivity contribution in [2.75, 3.05) is 13.1 Å².